The molecule has 3 aliphatic heterocycles. The number of aliphatic imine (C=N–C) groups is 1. The van der Waals surface area contributed by atoms with Crippen LogP contribution in [0.1, 0.15) is 23.7 Å². The SMILES string of the molecule is COC(=O)C1=C(CN2CC3CC2CO3)NC(c2ncc(F)cc2F)=NC1c1ccc(Cl)cc1Cl. The topological polar surface area (TPSA) is 76.0 Å². The number of benzene rings is 1. The van der Waals surface area contributed by atoms with E-state index >= 15 is 0 Å². The van der Waals surface area contributed by atoms with Gasteiger partial charge in [0.15, 0.2) is 11.7 Å². The number of hydrogen-bond acceptors (Lipinski definition) is 7. The van der Waals surface area contributed by atoms with Gasteiger partial charge in [-0.05, 0) is 18.6 Å². The van der Waals surface area contributed by atoms with Crippen molar-refractivity contribution in [2.75, 3.05) is 26.8 Å². The quantitative estimate of drug-likeness (QED) is 0.621. The Morgan fingerprint density at radius 1 is 1.32 bits per heavy atom. The molecular formula is C23H20Cl2F2N4O3. The molecule has 3 atom stereocenters. The fourth-order valence-electron chi connectivity index (χ4n) is 4.60. The molecule has 2 bridgehead atoms. The predicted molar refractivity (Wildman–Crippen MR) is 122 cm³/mol. The first-order chi connectivity index (χ1) is 16.3. The number of carbonyl (C=O) groups excluding carboxylic acids is 1. The van der Waals surface area contributed by atoms with E-state index in [1.165, 1.54) is 13.2 Å². The molecule has 0 aliphatic carbocycles. The normalized spacial score (nSPS) is 24.3. The van der Waals surface area contributed by atoms with Gasteiger partial charge in [0.25, 0.3) is 0 Å². The summed E-state index contributed by atoms with van der Waals surface area (Å²) in [6.07, 6.45) is 1.95. The average Bonchev–Trinajstić information content (AvgIpc) is 3.41. The number of halogens is 4. The van der Waals surface area contributed by atoms with Crippen LogP contribution in [0.15, 0.2) is 46.7 Å². The summed E-state index contributed by atoms with van der Waals surface area (Å²) in [4.78, 5) is 23.6. The van der Waals surface area contributed by atoms with E-state index in [0.717, 1.165) is 18.7 Å². The number of rotatable bonds is 5. The second-order valence-electron chi connectivity index (χ2n) is 8.31. The number of fused-ring (bicyclic) bond motifs is 2. The fourth-order valence-corrected chi connectivity index (χ4v) is 5.12. The minimum Gasteiger partial charge on any atom is -0.466 e. The van der Waals surface area contributed by atoms with Gasteiger partial charge in [-0.2, -0.15) is 0 Å². The Balaban J connectivity index is 1.63. The molecule has 178 valence electrons. The van der Waals surface area contributed by atoms with E-state index in [9.17, 15) is 13.6 Å². The summed E-state index contributed by atoms with van der Waals surface area (Å²) in [5.41, 5.74) is 1.02. The third-order valence-electron chi connectivity index (χ3n) is 6.20. The van der Waals surface area contributed by atoms with Gasteiger partial charge in [-0.3, -0.25) is 9.89 Å². The number of methoxy groups -OCH3 is 1. The highest BCUT2D eigenvalue weighted by molar-refractivity contribution is 6.35. The molecule has 34 heavy (non-hydrogen) atoms. The third kappa shape index (κ3) is 4.29. The van der Waals surface area contributed by atoms with Crippen molar-refractivity contribution < 1.29 is 23.0 Å². The average molecular weight is 509 g/mol. The van der Waals surface area contributed by atoms with Crippen molar-refractivity contribution in [2.24, 2.45) is 4.99 Å². The van der Waals surface area contributed by atoms with Crippen LogP contribution in [0, 0.1) is 11.6 Å². The molecule has 2 saturated heterocycles. The number of carbonyl (C=O) groups is 1. The van der Waals surface area contributed by atoms with Gasteiger partial charge < -0.3 is 14.8 Å². The number of pyridine rings is 1. The van der Waals surface area contributed by atoms with Crippen LogP contribution in [0.3, 0.4) is 0 Å². The summed E-state index contributed by atoms with van der Waals surface area (Å²) in [5, 5.41) is 3.76. The standard InChI is InChI=1S/C23H20Cl2F2N4O3/c1-33-23(32)19-18(9-31-8-14-6-13(31)10-34-14)29-22(21-17(27)5-12(26)7-28-21)30-20(19)15-3-2-11(24)4-16(15)25/h2-5,7,13-14,20H,6,8-10H2,1H3,(H,29,30). The van der Waals surface area contributed by atoms with E-state index in [4.69, 9.17) is 32.7 Å². The Hall–Kier alpha value is -2.59. The lowest BCUT2D eigenvalue weighted by Gasteiger charge is -2.32. The lowest BCUT2D eigenvalue weighted by Crippen LogP contribution is -2.44. The van der Waals surface area contributed by atoms with Crippen molar-refractivity contribution >= 4 is 35.0 Å². The zero-order valence-corrected chi connectivity index (χ0v) is 19.5. The molecular weight excluding hydrogens is 489 g/mol. The number of esters is 1. The zero-order valence-electron chi connectivity index (χ0n) is 18.0. The molecule has 1 aromatic heterocycles. The molecule has 5 rings (SSSR count). The molecule has 4 heterocycles. The van der Waals surface area contributed by atoms with Crippen molar-refractivity contribution in [3.8, 4) is 0 Å². The van der Waals surface area contributed by atoms with Crippen molar-refractivity contribution in [3.63, 3.8) is 0 Å². The van der Waals surface area contributed by atoms with E-state index in [1.807, 2.05) is 0 Å². The molecule has 0 radical (unpaired) electrons. The number of nitrogens with one attached hydrogen (secondary N) is 1. The van der Waals surface area contributed by atoms with Gasteiger partial charge in [-0.25, -0.2) is 18.6 Å². The zero-order chi connectivity index (χ0) is 24.0. The molecule has 0 saturated carbocycles. The Labute approximate surface area is 204 Å². The van der Waals surface area contributed by atoms with E-state index in [-0.39, 0.29) is 34.3 Å². The van der Waals surface area contributed by atoms with Crippen LogP contribution in [0.4, 0.5) is 8.78 Å². The van der Waals surface area contributed by atoms with Crippen molar-refractivity contribution in [1.82, 2.24) is 15.2 Å². The van der Waals surface area contributed by atoms with Gasteiger partial charge in [-0.15, -0.1) is 0 Å². The molecule has 3 aliphatic rings. The largest absolute Gasteiger partial charge is 0.466 e. The summed E-state index contributed by atoms with van der Waals surface area (Å²) in [7, 11) is 1.28. The first-order valence-electron chi connectivity index (χ1n) is 10.6. The summed E-state index contributed by atoms with van der Waals surface area (Å²) in [5.74, 6) is -2.25. The van der Waals surface area contributed by atoms with Gasteiger partial charge in [0, 0.05) is 46.5 Å². The Morgan fingerprint density at radius 2 is 2.15 bits per heavy atom. The summed E-state index contributed by atoms with van der Waals surface area (Å²) >= 11 is 12.5. The molecule has 0 amide bonds. The van der Waals surface area contributed by atoms with Crippen molar-refractivity contribution in [3.05, 3.63) is 74.7 Å². The van der Waals surface area contributed by atoms with Crippen molar-refractivity contribution in [2.45, 2.75) is 24.6 Å². The Bertz CT molecular complexity index is 1220. The van der Waals surface area contributed by atoms with Crippen molar-refractivity contribution in [1.29, 1.82) is 0 Å². The second kappa shape index (κ2) is 9.22. The maximum absolute atomic E-state index is 14.7. The Morgan fingerprint density at radius 3 is 2.79 bits per heavy atom. The van der Waals surface area contributed by atoms with Crippen LogP contribution < -0.4 is 5.32 Å². The second-order valence-corrected chi connectivity index (χ2v) is 9.16. The fraction of sp³-hybridized carbons (Fsp3) is 0.348. The van der Waals surface area contributed by atoms with Gasteiger partial charge in [0.1, 0.15) is 17.6 Å². The smallest absolute Gasteiger partial charge is 0.338 e. The molecule has 7 nitrogen and oxygen atoms in total. The molecule has 1 aromatic carbocycles. The molecule has 11 heteroatoms. The van der Waals surface area contributed by atoms with E-state index in [1.54, 1.807) is 12.1 Å². The Kier molecular flexibility index (Phi) is 6.28. The summed E-state index contributed by atoms with van der Waals surface area (Å²) < 4.78 is 39.0. The van der Waals surface area contributed by atoms with Gasteiger partial charge in [-0.1, -0.05) is 29.3 Å². The van der Waals surface area contributed by atoms with Crippen LogP contribution in [0.25, 0.3) is 0 Å². The molecule has 2 aromatic rings. The first-order valence-corrected chi connectivity index (χ1v) is 11.4. The number of likely N-dealkylation sites (tertiary alicyclic amines) is 1. The molecule has 2 fully saturated rings. The maximum Gasteiger partial charge on any atom is 0.338 e. The monoisotopic (exact) mass is 508 g/mol. The summed E-state index contributed by atoms with van der Waals surface area (Å²) in [6, 6.07) is 4.83. The van der Waals surface area contributed by atoms with Crippen LogP contribution in [0.5, 0.6) is 0 Å². The van der Waals surface area contributed by atoms with Crippen LogP contribution in [0.2, 0.25) is 10.0 Å². The number of hydrogen-bond donors (Lipinski definition) is 1. The predicted octanol–water partition coefficient (Wildman–Crippen LogP) is 3.66. The first kappa shape index (κ1) is 23.2. The van der Waals surface area contributed by atoms with Crippen LogP contribution in [-0.2, 0) is 14.3 Å². The number of aromatic nitrogens is 1. The highest BCUT2D eigenvalue weighted by Gasteiger charge is 2.41. The third-order valence-corrected chi connectivity index (χ3v) is 6.76. The molecule has 0 spiro atoms. The maximum atomic E-state index is 14.7. The van der Waals surface area contributed by atoms with Crippen LogP contribution in [-0.4, -0.2) is 60.6 Å². The van der Waals surface area contributed by atoms with E-state index < -0.39 is 23.6 Å². The number of amidine groups is 1. The molecule has 1 N–H and O–H groups in total. The number of ether oxygens (including phenoxy) is 2. The molecule has 3 unspecified atom stereocenters. The van der Waals surface area contributed by atoms with Gasteiger partial charge in [0.05, 0.1) is 31.6 Å². The van der Waals surface area contributed by atoms with Crippen LogP contribution >= 0.6 is 23.2 Å². The minimum atomic E-state index is -0.925. The lowest BCUT2D eigenvalue weighted by atomic mass is 9.95. The minimum absolute atomic E-state index is 0.0526. The van der Waals surface area contributed by atoms with Gasteiger partial charge >= 0.3 is 5.97 Å². The number of morpholine rings is 1. The lowest BCUT2D eigenvalue weighted by molar-refractivity contribution is -0.136. The van der Waals surface area contributed by atoms with Gasteiger partial charge in [0.2, 0.25) is 0 Å². The highest BCUT2D eigenvalue weighted by Crippen LogP contribution is 2.38. The number of nitrogens with zero attached hydrogens (tertiary/aromatic N) is 3. The van der Waals surface area contributed by atoms with E-state index in [2.05, 4.69) is 20.2 Å². The highest BCUT2D eigenvalue weighted by atomic mass is 35.5. The van der Waals surface area contributed by atoms with E-state index in [0.29, 0.717) is 36.0 Å². The summed E-state index contributed by atoms with van der Waals surface area (Å²) in [6.45, 7) is 1.65.